The third kappa shape index (κ3) is 6.96. The minimum atomic E-state index is -4.33. The molecule has 3 N–H and O–H groups in total. The maximum absolute atomic E-state index is 14.1. The molecule has 3 atom stereocenters. The van der Waals surface area contributed by atoms with Gasteiger partial charge in [0.05, 0.1) is 16.4 Å². The lowest BCUT2D eigenvalue weighted by Crippen LogP contribution is -2.43. The topological polar surface area (TPSA) is 88.2 Å². The first-order valence-corrected chi connectivity index (χ1v) is 18.4. The Morgan fingerprint density at radius 2 is 1.89 bits per heavy atom. The van der Waals surface area contributed by atoms with Crippen LogP contribution < -0.4 is 10.5 Å². The predicted molar refractivity (Wildman–Crippen MR) is 150 cm³/mol. The van der Waals surface area contributed by atoms with Crippen LogP contribution in [0.2, 0.25) is 25.7 Å². The van der Waals surface area contributed by atoms with Gasteiger partial charge in [0, 0.05) is 32.1 Å². The third-order valence-corrected chi connectivity index (χ3v) is 11.0. The van der Waals surface area contributed by atoms with E-state index in [0.29, 0.717) is 23.9 Å². The van der Waals surface area contributed by atoms with E-state index in [4.69, 9.17) is 15.5 Å². The highest BCUT2D eigenvalue weighted by atomic mass is 32.2. The Labute approximate surface area is 228 Å². The monoisotopic (exact) mass is 572 g/mol. The van der Waals surface area contributed by atoms with Crippen LogP contribution in [0.4, 0.5) is 13.2 Å². The van der Waals surface area contributed by atoms with Gasteiger partial charge >= 0.3 is 6.18 Å². The summed E-state index contributed by atoms with van der Waals surface area (Å²) in [6.45, 7) is 13.0. The number of aromatic nitrogens is 2. The molecule has 2 aromatic rings. The lowest BCUT2D eigenvalue weighted by atomic mass is 9.96. The van der Waals surface area contributed by atoms with E-state index in [1.54, 1.807) is 20.8 Å². The second kappa shape index (κ2) is 10.7. The number of imidazole rings is 1. The molecule has 2 aliphatic rings. The average Bonchev–Trinajstić information content (AvgIpc) is 3.71. The number of nitrogens with one attached hydrogen (secondary N) is 1. The standard InChI is InChI=1S/C27H43F3N4O2SSi/c1-25(2,3)37(35)33-21(16-26(11-12-26)27(28,29)30)24-32-20-10-9-19(23(31)18-7-8-18)15-22(20)34(24)17-36-13-14-38(4,5)6/h9-10,15,18,21,23,33H,7-8,11-14,16-17,31H2,1-6H3. The summed E-state index contributed by atoms with van der Waals surface area (Å²) in [7, 11) is -1.33. The first kappa shape index (κ1) is 29.9. The zero-order chi connectivity index (χ0) is 28.1. The second-order valence-corrected chi connectivity index (χ2v) is 21.0. The molecule has 0 bridgehead atoms. The van der Waals surface area contributed by atoms with Gasteiger partial charge in [-0.25, -0.2) is 4.98 Å². The molecule has 11 heteroatoms. The van der Waals surface area contributed by atoms with Crippen LogP contribution in [0.1, 0.15) is 76.3 Å². The number of nitrogens with zero attached hydrogens (tertiary/aromatic N) is 2. The molecule has 2 fully saturated rings. The highest BCUT2D eigenvalue weighted by molar-refractivity contribution is 7.90. The normalized spacial score (nSPS) is 20.5. The minimum Gasteiger partial charge on any atom is -0.598 e. The van der Waals surface area contributed by atoms with Gasteiger partial charge < -0.3 is 19.6 Å². The zero-order valence-electron chi connectivity index (χ0n) is 23.5. The number of nitrogens with two attached hydrogens (primary N) is 1. The predicted octanol–water partition coefficient (Wildman–Crippen LogP) is 6.58. The smallest absolute Gasteiger partial charge is 0.394 e. The van der Waals surface area contributed by atoms with Crippen molar-refractivity contribution in [1.29, 1.82) is 0 Å². The van der Waals surface area contributed by atoms with E-state index in [1.807, 2.05) is 22.8 Å². The zero-order valence-corrected chi connectivity index (χ0v) is 25.3. The highest BCUT2D eigenvalue weighted by Gasteiger charge is 2.64. The van der Waals surface area contributed by atoms with Gasteiger partial charge in [-0.05, 0) is 82.5 Å². The minimum absolute atomic E-state index is 0.0736. The lowest BCUT2D eigenvalue weighted by molar-refractivity contribution is -0.190. The summed E-state index contributed by atoms with van der Waals surface area (Å²) in [6.07, 6.45) is -2.19. The van der Waals surface area contributed by atoms with Crippen molar-refractivity contribution in [3.63, 3.8) is 0 Å². The molecule has 0 spiro atoms. The first-order valence-electron chi connectivity index (χ1n) is 13.6. The van der Waals surface area contributed by atoms with Gasteiger partial charge in [0.1, 0.15) is 23.3 Å². The number of hydrogen-bond acceptors (Lipinski definition) is 5. The van der Waals surface area contributed by atoms with Crippen LogP contribution in [-0.2, 0) is 22.8 Å². The molecule has 214 valence electrons. The van der Waals surface area contributed by atoms with E-state index >= 15 is 0 Å². The number of halogens is 3. The number of ether oxygens (including phenoxy) is 1. The van der Waals surface area contributed by atoms with E-state index in [-0.39, 0.29) is 32.0 Å². The van der Waals surface area contributed by atoms with E-state index < -0.39 is 41.8 Å². The number of rotatable bonds is 12. The molecule has 38 heavy (non-hydrogen) atoms. The van der Waals surface area contributed by atoms with Crippen molar-refractivity contribution in [2.45, 2.75) is 108 Å². The average molecular weight is 573 g/mol. The Morgan fingerprint density at radius 3 is 2.42 bits per heavy atom. The summed E-state index contributed by atoms with van der Waals surface area (Å²) in [5.41, 5.74) is 7.16. The van der Waals surface area contributed by atoms with E-state index in [9.17, 15) is 17.7 Å². The molecule has 0 radical (unpaired) electrons. The van der Waals surface area contributed by atoms with Gasteiger partial charge in [-0.2, -0.15) is 13.2 Å². The fourth-order valence-electron chi connectivity index (χ4n) is 4.67. The Morgan fingerprint density at radius 1 is 1.24 bits per heavy atom. The van der Waals surface area contributed by atoms with Crippen LogP contribution in [-0.4, -0.2) is 39.7 Å². The summed E-state index contributed by atoms with van der Waals surface area (Å²) >= 11 is -1.59. The van der Waals surface area contributed by atoms with Crippen molar-refractivity contribution in [2.75, 3.05) is 6.61 Å². The summed E-state index contributed by atoms with van der Waals surface area (Å²) < 4.78 is 65.7. The maximum atomic E-state index is 14.1. The van der Waals surface area contributed by atoms with Crippen molar-refractivity contribution in [1.82, 2.24) is 14.3 Å². The van der Waals surface area contributed by atoms with E-state index in [2.05, 4.69) is 24.4 Å². The number of benzene rings is 1. The fourth-order valence-corrected chi connectivity index (χ4v) is 6.22. The highest BCUT2D eigenvalue weighted by Crippen LogP contribution is 2.62. The molecule has 0 amide bonds. The molecule has 1 aromatic carbocycles. The third-order valence-electron chi connectivity index (χ3n) is 7.70. The molecule has 6 nitrogen and oxygen atoms in total. The Hall–Kier alpha value is -1.11. The lowest BCUT2D eigenvalue weighted by Gasteiger charge is -2.30. The fraction of sp³-hybridized carbons (Fsp3) is 0.741. The quantitative estimate of drug-likeness (QED) is 0.170. The van der Waals surface area contributed by atoms with Crippen LogP contribution in [0, 0.1) is 11.3 Å². The van der Waals surface area contributed by atoms with Gasteiger partial charge in [0.15, 0.2) is 0 Å². The summed E-state index contributed by atoms with van der Waals surface area (Å²) in [5.74, 6) is 0.889. The van der Waals surface area contributed by atoms with Crippen LogP contribution in [0.5, 0.6) is 0 Å². The van der Waals surface area contributed by atoms with Gasteiger partial charge in [-0.3, -0.25) is 0 Å². The number of alkyl halides is 3. The SMILES string of the molecule is CC(C)(C)[S+]([O-])NC(CC1(C(F)(F)F)CC1)c1nc2ccc(C(N)C3CC3)cc2n1COCC[Si](C)(C)C. The molecule has 2 saturated carbocycles. The molecule has 0 aliphatic heterocycles. The Bertz CT molecular complexity index is 1120. The Balaban J connectivity index is 1.74. The van der Waals surface area contributed by atoms with E-state index in [1.165, 1.54) is 0 Å². The molecular weight excluding hydrogens is 529 g/mol. The van der Waals surface area contributed by atoms with Crippen LogP contribution in [0.15, 0.2) is 18.2 Å². The molecule has 3 unspecified atom stereocenters. The second-order valence-electron chi connectivity index (χ2n) is 13.4. The van der Waals surface area contributed by atoms with Crippen molar-refractivity contribution < 1.29 is 22.5 Å². The Kier molecular flexibility index (Phi) is 8.41. The van der Waals surface area contributed by atoms with Crippen LogP contribution in [0.25, 0.3) is 11.0 Å². The molecule has 2 aliphatic carbocycles. The van der Waals surface area contributed by atoms with Crippen LogP contribution >= 0.6 is 0 Å². The number of hydrogen-bond donors (Lipinski definition) is 2. The van der Waals surface area contributed by atoms with Crippen molar-refractivity contribution in [2.24, 2.45) is 17.1 Å². The summed E-state index contributed by atoms with van der Waals surface area (Å²) in [5, 5.41) is 0. The van der Waals surface area contributed by atoms with Gasteiger partial charge in [0.2, 0.25) is 0 Å². The van der Waals surface area contributed by atoms with Gasteiger partial charge in [-0.1, -0.05) is 25.7 Å². The van der Waals surface area contributed by atoms with E-state index in [0.717, 1.165) is 30.0 Å². The number of fused-ring (bicyclic) bond motifs is 1. The summed E-state index contributed by atoms with van der Waals surface area (Å²) in [4.78, 5) is 4.82. The molecule has 1 aromatic heterocycles. The van der Waals surface area contributed by atoms with Crippen LogP contribution in [0.3, 0.4) is 0 Å². The molecule has 0 saturated heterocycles. The first-order chi connectivity index (χ1) is 17.5. The molecule has 4 rings (SSSR count). The summed E-state index contributed by atoms with van der Waals surface area (Å²) in [6, 6.07) is 5.90. The maximum Gasteiger partial charge on any atom is 0.394 e. The van der Waals surface area contributed by atoms with Crippen molar-refractivity contribution in [3.05, 3.63) is 29.6 Å². The van der Waals surface area contributed by atoms with Crippen molar-refractivity contribution >= 4 is 30.5 Å². The molecular formula is C27H43F3N4O2SSi. The van der Waals surface area contributed by atoms with Gasteiger partial charge in [-0.15, -0.1) is 4.72 Å². The van der Waals surface area contributed by atoms with Crippen molar-refractivity contribution in [3.8, 4) is 0 Å². The molecule has 1 heterocycles. The van der Waals surface area contributed by atoms with Gasteiger partial charge in [0.25, 0.3) is 0 Å². The largest absolute Gasteiger partial charge is 0.598 e.